The molecule has 3 rings (SSSR count). The van der Waals surface area contributed by atoms with Crippen molar-refractivity contribution >= 4 is 0 Å². The van der Waals surface area contributed by atoms with Crippen LogP contribution in [0.25, 0.3) is 5.69 Å². The highest BCUT2D eigenvalue weighted by Crippen LogP contribution is 2.31. The maximum Gasteiger partial charge on any atom is 0.340 e. The maximum atomic E-state index is 5.82. The molecule has 2 N–H and O–H groups in total. The van der Waals surface area contributed by atoms with Crippen molar-refractivity contribution in [1.82, 2.24) is 20.2 Å². The molecule has 2 atom stereocenters. The van der Waals surface area contributed by atoms with Crippen LogP contribution in [0, 0.1) is 11.8 Å². The first-order chi connectivity index (χ1) is 9.88. The molecule has 0 spiro atoms. The van der Waals surface area contributed by atoms with E-state index in [2.05, 4.69) is 15.5 Å². The van der Waals surface area contributed by atoms with Crippen LogP contribution in [-0.2, 0) is 0 Å². The topological polar surface area (TPSA) is 78.8 Å². The zero-order valence-electron chi connectivity index (χ0n) is 11.4. The third kappa shape index (κ3) is 2.65. The van der Waals surface area contributed by atoms with Crippen molar-refractivity contribution in [2.24, 2.45) is 17.6 Å². The summed E-state index contributed by atoms with van der Waals surface area (Å²) in [6, 6.07) is 10.2. The molecule has 0 aliphatic heterocycles. The van der Waals surface area contributed by atoms with Crippen molar-refractivity contribution in [1.29, 1.82) is 0 Å². The normalized spacial score (nSPS) is 22.1. The van der Waals surface area contributed by atoms with E-state index in [4.69, 9.17) is 10.5 Å². The van der Waals surface area contributed by atoms with E-state index in [1.165, 1.54) is 19.3 Å². The predicted molar refractivity (Wildman–Crippen MR) is 74.5 cm³/mol. The Hall–Kier alpha value is -1.95. The fraction of sp³-hybridized carbons (Fsp3) is 0.500. The van der Waals surface area contributed by atoms with Crippen LogP contribution in [0.5, 0.6) is 6.01 Å². The molecule has 20 heavy (non-hydrogen) atoms. The molecule has 1 aromatic heterocycles. The van der Waals surface area contributed by atoms with Gasteiger partial charge in [-0.3, -0.25) is 0 Å². The van der Waals surface area contributed by atoms with Crippen LogP contribution in [0.2, 0.25) is 0 Å². The molecule has 0 amide bonds. The number of nitrogens with zero attached hydrogens (tertiary/aromatic N) is 4. The zero-order chi connectivity index (χ0) is 13.8. The molecule has 1 aromatic carbocycles. The highest BCUT2D eigenvalue weighted by molar-refractivity contribution is 5.31. The lowest BCUT2D eigenvalue weighted by Crippen LogP contribution is -2.24. The molecule has 106 valence electrons. The first-order valence-corrected chi connectivity index (χ1v) is 7.05. The first-order valence-electron chi connectivity index (χ1n) is 7.05. The Labute approximate surface area is 117 Å². The molecule has 1 fully saturated rings. The number of hydrogen-bond acceptors (Lipinski definition) is 5. The minimum absolute atomic E-state index is 0.443. The van der Waals surface area contributed by atoms with Crippen molar-refractivity contribution in [2.45, 2.75) is 19.3 Å². The lowest BCUT2D eigenvalue weighted by molar-refractivity contribution is 0.199. The molecule has 1 saturated carbocycles. The Morgan fingerprint density at radius 3 is 2.80 bits per heavy atom. The molecule has 0 radical (unpaired) electrons. The number of ether oxygens (including phenoxy) is 1. The molecule has 6 heteroatoms. The number of rotatable bonds is 5. The SMILES string of the molecule is NCC1CCCC1COc1nnnn1-c1ccccc1. The van der Waals surface area contributed by atoms with Gasteiger partial charge in [0, 0.05) is 0 Å². The fourth-order valence-electron chi connectivity index (χ4n) is 2.83. The van der Waals surface area contributed by atoms with Crippen LogP contribution in [-0.4, -0.2) is 33.4 Å². The smallest absolute Gasteiger partial charge is 0.340 e. The number of tetrazole rings is 1. The molecular weight excluding hydrogens is 254 g/mol. The summed E-state index contributed by atoms with van der Waals surface area (Å²) in [6.07, 6.45) is 3.61. The second-order valence-electron chi connectivity index (χ2n) is 5.21. The lowest BCUT2D eigenvalue weighted by atomic mass is 9.97. The summed E-state index contributed by atoms with van der Waals surface area (Å²) in [5.41, 5.74) is 6.69. The van der Waals surface area contributed by atoms with E-state index in [1.54, 1.807) is 4.68 Å². The largest absolute Gasteiger partial charge is 0.462 e. The highest BCUT2D eigenvalue weighted by Gasteiger charge is 2.27. The number of nitrogens with two attached hydrogens (primary N) is 1. The van der Waals surface area contributed by atoms with E-state index in [0.29, 0.717) is 24.5 Å². The Kier molecular flexibility index (Phi) is 3.92. The van der Waals surface area contributed by atoms with Gasteiger partial charge in [0.1, 0.15) is 0 Å². The van der Waals surface area contributed by atoms with Gasteiger partial charge in [0.25, 0.3) is 0 Å². The van der Waals surface area contributed by atoms with E-state index < -0.39 is 0 Å². The zero-order valence-corrected chi connectivity index (χ0v) is 11.4. The van der Waals surface area contributed by atoms with Gasteiger partial charge < -0.3 is 10.5 Å². The van der Waals surface area contributed by atoms with Crippen LogP contribution < -0.4 is 10.5 Å². The van der Waals surface area contributed by atoms with E-state index in [1.807, 2.05) is 30.3 Å². The molecule has 1 heterocycles. The average Bonchev–Trinajstić information content (AvgIpc) is 3.14. The lowest BCUT2D eigenvalue weighted by Gasteiger charge is -2.17. The molecule has 6 nitrogen and oxygen atoms in total. The minimum Gasteiger partial charge on any atom is -0.462 e. The van der Waals surface area contributed by atoms with Crippen molar-refractivity contribution < 1.29 is 4.74 Å². The Morgan fingerprint density at radius 1 is 1.20 bits per heavy atom. The predicted octanol–water partition coefficient (Wildman–Crippen LogP) is 1.42. The summed E-state index contributed by atoms with van der Waals surface area (Å²) < 4.78 is 7.44. The molecule has 0 saturated heterocycles. The van der Waals surface area contributed by atoms with E-state index in [-0.39, 0.29) is 0 Å². The van der Waals surface area contributed by atoms with Crippen LogP contribution >= 0.6 is 0 Å². The summed E-state index contributed by atoms with van der Waals surface area (Å²) in [5, 5.41) is 11.6. The van der Waals surface area contributed by atoms with Crippen LogP contribution in [0.15, 0.2) is 30.3 Å². The van der Waals surface area contributed by atoms with Crippen molar-refractivity contribution in [2.75, 3.05) is 13.2 Å². The van der Waals surface area contributed by atoms with Gasteiger partial charge in [-0.2, -0.15) is 4.68 Å². The molecule has 1 aliphatic rings. The van der Waals surface area contributed by atoms with Gasteiger partial charge in [0.2, 0.25) is 0 Å². The maximum absolute atomic E-state index is 5.82. The molecule has 1 aliphatic carbocycles. The Bertz CT molecular complexity index is 542. The highest BCUT2D eigenvalue weighted by atomic mass is 16.5. The first kappa shape index (κ1) is 13.1. The molecule has 2 aromatic rings. The van der Waals surface area contributed by atoms with Crippen molar-refractivity contribution in [3.63, 3.8) is 0 Å². The summed E-state index contributed by atoms with van der Waals surface area (Å²) >= 11 is 0. The quantitative estimate of drug-likeness (QED) is 0.891. The van der Waals surface area contributed by atoms with Crippen LogP contribution in [0.1, 0.15) is 19.3 Å². The fourth-order valence-corrected chi connectivity index (χ4v) is 2.83. The third-order valence-electron chi connectivity index (χ3n) is 3.99. The third-order valence-corrected chi connectivity index (χ3v) is 3.99. The Morgan fingerprint density at radius 2 is 2.00 bits per heavy atom. The minimum atomic E-state index is 0.443. The second-order valence-corrected chi connectivity index (χ2v) is 5.21. The van der Waals surface area contributed by atoms with E-state index in [0.717, 1.165) is 12.2 Å². The van der Waals surface area contributed by atoms with Gasteiger partial charge in [-0.1, -0.05) is 29.7 Å². The average molecular weight is 273 g/mol. The molecule has 0 bridgehead atoms. The summed E-state index contributed by atoms with van der Waals surface area (Å²) in [6.45, 7) is 1.37. The van der Waals surface area contributed by atoms with Gasteiger partial charge in [-0.15, -0.1) is 0 Å². The second kappa shape index (κ2) is 6.00. The van der Waals surface area contributed by atoms with Crippen molar-refractivity contribution in [3.8, 4) is 11.7 Å². The Balaban J connectivity index is 1.68. The van der Waals surface area contributed by atoms with Gasteiger partial charge >= 0.3 is 6.01 Å². The summed E-state index contributed by atoms with van der Waals surface area (Å²) in [4.78, 5) is 0. The van der Waals surface area contributed by atoms with Crippen LogP contribution in [0.3, 0.4) is 0 Å². The number of hydrogen-bond donors (Lipinski definition) is 1. The van der Waals surface area contributed by atoms with Crippen LogP contribution in [0.4, 0.5) is 0 Å². The summed E-state index contributed by atoms with van der Waals surface area (Å²) in [5.74, 6) is 1.08. The standard InChI is InChI=1S/C14H19N5O/c15-9-11-5-4-6-12(11)10-20-14-16-17-18-19(14)13-7-2-1-3-8-13/h1-3,7-8,11-12H,4-6,9-10,15H2. The number of aromatic nitrogens is 4. The van der Waals surface area contributed by atoms with E-state index in [9.17, 15) is 0 Å². The van der Waals surface area contributed by atoms with Gasteiger partial charge in [-0.05, 0) is 53.8 Å². The monoisotopic (exact) mass is 273 g/mol. The van der Waals surface area contributed by atoms with Crippen molar-refractivity contribution in [3.05, 3.63) is 30.3 Å². The van der Waals surface area contributed by atoms with Gasteiger partial charge in [0.05, 0.1) is 12.3 Å². The summed E-state index contributed by atoms with van der Waals surface area (Å²) in [7, 11) is 0. The van der Waals surface area contributed by atoms with Gasteiger partial charge in [0.15, 0.2) is 0 Å². The van der Waals surface area contributed by atoms with E-state index >= 15 is 0 Å². The van der Waals surface area contributed by atoms with Gasteiger partial charge in [-0.25, -0.2) is 0 Å². The molecule has 2 unspecified atom stereocenters. The number of para-hydroxylation sites is 1. The molecular formula is C14H19N5O. The number of benzene rings is 1.